The first-order valence-electron chi connectivity index (χ1n) is 10.9. The summed E-state index contributed by atoms with van der Waals surface area (Å²) < 4.78 is 28.3. The van der Waals surface area contributed by atoms with Crippen molar-refractivity contribution in [3.8, 4) is 0 Å². The number of aryl methyl sites for hydroxylation is 1. The van der Waals surface area contributed by atoms with Crippen molar-refractivity contribution in [1.82, 2.24) is 4.90 Å². The van der Waals surface area contributed by atoms with E-state index in [4.69, 9.17) is 23.2 Å². The minimum Gasteiger partial charge on any atom is -0.368 e. The second kappa shape index (κ2) is 10.3. The van der Waals surface area contributed by atoms with Crippen LogP contribution in [0.4, 0.5) is 11.4 Å². The van der Waals surface area contributed by atoms with Gasteiger partial charge in [-0.2, -0.15) is 0 Å². The first-order chi connectivity index (χ1) is 16.3. The van der Waals surface area contributed by atoms with Crippen LogP contribution in [0.15, 0.2) is 77.7 Å². The maximum Gasteiger partial charge on any atom is 0.264 e. The van der Waals surface area contributed by atoms with Gasteiger partial charge in [-0.25, -0.2) is 8.42 Å². The number of piperazine rings is 1. The van der Waals surface area contributed by atoms with Gasteiger partial charge in [0.2, 0.25) is 5.91 Å². The van der Waals surface area contributed by atoms with Crippen LogP contribution in [0.2, 0.25) is 10.0 Å². The van der Waals surface area contributed by atoms with Crippen LogP contribution in [-0.4, -0.2) is 51.9 Å². The Morgan fingerprint density at radius 2 is 1.56 bits per heavy atom. The molecule has 3 aromatic carbocycles. The van der Waals surface area contributed by atoms with Crippen molar-refractivity contribution in [1.29, 1.82) is 0 Å². The summed E-state index contributed by atoms with van der Waals surface area (Å²) in [6, 6.07) is 20.7. The molecule has 6 nitrogen and oxygen atoms in total. The van der Waals surface area contributed by atoms with Crippen LogP contribution in [0.5, 0.6) is 0 Å². The minimum absolute atomic E-state index is 0.128. The summed E-state index contributed by atoms with van der Waals surface area (Å²) in [5.74, 6) is -0.250. The van der Waals surface area contributed by atoms with Gasteiger partial charge < -0.3 is 9.80 Å². The first-order valence-corrected chi connectivity index (χ1v) is 13.1. The summed E-state index contributed by atoms with van der Waals surface area (Å²) in [7, 11) is -3.96. The number of sulfonamides is 1. The molecule has 0 radical (unpaired) electrons. The van der Waals surface area contributed by atoms with Gasteiger partial charge in [-0.15, -0.1) is 0 Å². The molecule has 1 heterocycles. The fraction of sp³-hybridized carbons (Fsp3) is 0.240. The number of carbonyl (C=O) groups excluding carboxylic acids is 1. The van der Waals surface area contributed by atoms with E-state index in [1.807, 2.05) is 24.3 Å². The third-order valence-corrected chi connectivity index (χ3v) is 8.09. The molecule has 1 aliphatic heterocycles. The smallest absolute Gasteiger partial charge is 0.264 e. The highest BCUT2D eigenvalue weighted by Gasteiger charge is 2.31. The number of carbonyl (C=O) groups is 1. The number of hydrogen-bond acceptors (Lipinski definition) is 4. The highest BCUT2D eigenvalue weighted by Crippen LogP contribution is 2.29. The van der Waals surface area contributed by atoms with Crippen LogP contribution < -0.4 is 9.21 Å². The Kier molecular flexibility index (Phi) is 7.36. The lowest BCUT2D eigenvalue weighted by atomic mass is 10.2. The van der Waals surface area contributed by atoms with Gasteiger partial charge in [0.15, 0.2) is 0 Å². The normalized spacial score (nSPS) is 14.2. The second-order valence-corrected chi connectivity index (χ2v) is 10.8. The van der Waals surface area contributed by atoms with E-state index in [0.717, 1.165) is 5.69 Å². The SMILES string of the molecule is Cc1cc(Cl)ccc1N(CC(=O)N1CCN(c2cccc(Cl)c2)CC1)S(=O)(=O)c1ccccc1. The van der Waals surface area contributed by atoms with Gasteiger partial charge in [0.25, 0.3) is 10.0 Å². The number of amides is 1. The van der Waals surface area contributed by atoms with E-state index < -0.39 is 10.0 Å². The number of anilines is 2. The zero-order valence-corrected chi connectivity index (χ0v) is 21.0. The molecule has 0 atom stereocenters. The summed E-state index contributed by atoms with van der Waals surface area (Å²) in [6.07, 6.45) is 0. The molecule has 0 aliphatic carbocycles. The Bertz CT molecular complexity index is 1280. The van der Waals surface area contributed by atoms with Crippen molar-refractivity contribution in [3.05, 3.63) is 88.4 Å². The minimum atomic E-state index is -3.96. The number of rotatable bonds is 6. The van der Waals surface area contributed by atoms with Gasteiger partial charge in [0, 0.05) is 41.9 Å². The van der Waals surface area contributed by atoms with E-state index in [-0.39, 0.29) is 17.3 Å². The van der Waals surface area contributed by atoms with Gasteiger partial charge in [-0.1, -0.05) is 47.5 Å². The van der Waals surface area contributed by atoms with Crippen molar-refractivity contribution in [3.63, 3.8) is 0 Å². The van der Waals surface area contributed by atoms with E-state index in [1.165, 1.54) is 16.4 Å². The maximum atomic E-state index is 13.6. The van der Waals surface area contributed by atoms with E-state index >= 15 is 0 Å². The standard InChI is InChI=1S/C25H25Cl2N3O3S/c1-19-16-21(27)10-11-24(19)30(34(32,33)23-8-3-2-4-9-23)18-25(31)29-14-12-28(13-15-29)22-7-5-6-20(26)17-22/h2-11,16-17H,12-15,18H2,1H3. The topological polar surface area (TPSA) is 60.9 Å². The highest BCUT2D eigenvalue weighted by molar-refractivity contribution is 7.92. The molecule has 0 bridgehead atoms. The van der Waals surface area contributed by atoms with Crippen LogP contribution in [0.1, 0.15) is 5.56 Å². The van der Waals surface area contributed by atoms with E-state index in [0.29, 0.717) is 47.5 Å². The van der Waals surface area contributed by atoms with Gasteiger partial charge >= 0.3 is 0 Å². The Morgan fingerprint density at radius 1 is 0.882 bits per heavy atom. The highest BCUT2D eigenvalue weighted by atomic mass is 35.5. The molecule has 1 saturated heterocycles. The molecular weight excluding hydrogens is 493 g/mol. The second-order valence-electron chi connectivity index (χ2n) is 8.10. The summed E-state index contributed by atoms with van der Waals surface area (Å²) in [5, 5.41) is 1.16. The summed E-state index contributed by atoms with van der Waals surface area (Å²) in [6.45, 7) is 3.74. The molecular formula is C25H25Cl2N3O3S. The predicted molar refractivity (Wildman–Crippen MR) is 137 cm³/mol. The van der Waals surface area contributed by atoms with Crippen LogP contribution in [0, 0.1) is 6.92 Å². The lowest BCUT2D eigenvalue weighted by Crippen LogP contribution is -2.52. The summed E-state index contributed by atoms with van der Waals surface area (Å²) in [5.41, 5.74) is 2.11. The summed E-state index contributed by atoms with van der Waals surface area (Å²) in [4.78, 5) is 17.3. The lowest BCUT2D eigenvalue weighted by Gasteiger charge is -2.37. The van der Waals surface area contributed by atoms with Gasteiger partial charge in [-0.3, -0.25) is 9.10 Å². The quantitative estimate of drug-likeness (QED) is 0.469. The molecule has 0 saturated carbocycles. The van der Waals surface area contributed by atoms with Crippen LogP contribution >= 0.6 is 23.2 Å². The molecule has 1 amide bonds. The molecule has 1 aliphatic rings. The molecule has 1 fully saturated rings. The molecule has 0 unspecified atom stereocenters. The number of benzene rings is 3. The van der Waals surface area contributed by atoms with Crippen molar-refractivity contribution < 1.29 is 13.2 Å². The Balaban J connectivity index is 1.55. The number of nitrogens with zero attached hydrogens (tertiary/aromatic N) is 3. The van der Waals surface area contributed by atoms with Crippen molar-refractivity contribution in [2.24, 2.45) is 0 Å². The number of hydrogen-bond donors (Lipinski definition) is 0. The summed E-state index contributed by atoms with van der Waals surface area (Å²) >= 11 is 12.2. The number of halogens is 2. The Morgan fingerprint density at radius 3 is 2.21 bits per heavy atom. The molecule has 3 aromatic rings. The predicted octanol–water partition coefficient (Wildman–Crippen LogP) is 4.85. The molecule has 9 heteroatoms. The third-order valence-electron chi connectivity index (χ3n) is 5.84. The molecule has 0 aromatic heterocycles. The average molecular weight is 518 g/mol. The van der Waals surface area contributed by atoms with E-state index in [2.05, 4.69) is 4.90 Å². The maximum absolute atomic E-state index is 13.6. The monoisotopic (exact) mass is 517 g/mol. The van der Waals surface area contributed by atoms with Gasteiger partial charge in [0.05, 0.1) is 10.6 Å². The van der Waals surface area contributed by atoms with Crippen LogP contribution in [0.3, 0.4) is 0 Å². The van der Waals surface area contributed by atoms with Gasteiger partial charge in [0.1, 0.15) is 6.54 Å². The molecule has 0 spiro atoms. The largest absolute Gasteiger partial charge is 0.368 e. The molecule has 34 heavy (non-hydrogen) atoms. The fourth-order valence-corrected chi connectivity index (χ4v) is 5.94. The third kappa shape index (κ3) is 5.32. The van der Waals surface area contributed by atoms with Gasteiger partial charge in [-0.05, 0) is 61.0 Å². The zero-order valence-electron chi connectivity index (χ0n) is 18.7. The Hall–Kier alpha value is -2.74. The van der Waals surface area contributed by atoms with E-state index in [9.17, 15) is 13.2 Å². The van der Waals surface area contributed by atoms with Crippen molar-refractivity contribution >= 4 is 50.5 Å². The Labute approximate surface area is 210 Å². The molecule has 4 rings (SSSR count). The zero-order chi connectivity index (χ0) is 24.3. The lowest BCUT2D eigenvalue weighted by molar-refractivity contribution is -0.129. The first kappa shape index (κ1) is 24.4. The van der Waals surface area contributed by atoms with E-state index in [1.54, 1.807) is 48.2 Å². The van der Waals surface area contributed by atoms with Crippen molar-refractivity contribution in [2.45, 2.75) is 11.8 Å². The molecule has 178 valence electrons. The van der Waals surface area contributed by atoms with Crippen LogP contribution in [-0.2, 0) is 14.8 Å². The van der Waals surface area contributed by atoms with Crippen molar-refractivity contribution in [2.75, 3.05) is 41.9 Å². The average Bonchev–Trinajstić information content (AvgIpc) is 2.83. The fourth-order valence-electron chi connectivity index (χ4n) is 4.03. The molecule has 0 N–H and O–H groups in total. The van der Waals surface area contributed by atoms with Crippen LogP contribution in [0.25, 0.3) is 0 Å².